The first-order chi connectivity index (χ1) is 14.6. The number of carbonyl (C=O) groups is 1. The number of aromatic nitrogens is 3. The number of hydrogen-bond donors (Lipinski definition) is 0. The second kappa shape index (κ2) is 8.34. The summed E-state index contributed by atoms with van der Waals surface area (Å²) in [7, 11) is 3.15. The van der Waals surface area contributed by atoms with Crippen LogP contribution in [0.25, 0.3) is 17.1 Å². The van der Waals surface area contributed by atoms with Gasteiger partial charge in [0, 0.05) is 16.8 Å². The molecule has 0 atom stereocenters. The SMILES string of the molecule is COc1ccc(-c2nn(C(=O)c3ccccc3)c(=S)n2-c2ccccc2)cc1OC. The molecule has 0 N–H and O–H groups in total. The molecule has 1 heterocycles. The number of para-hydroxylation sites is 1. The standard InChI is InChI=1S/C23H19N3O3S/c1-28-19-14-13-17(15-20(19)29-2)21-24-26(22(27)16-9-5-3-6-10-16)23(30)25(21)18-11-7-4-8-12-18/h3-15H,1-2H3. The molecular weight excluding hydrogens is 398 g/mol. The number of rotatable bonds is 5. The molecule has 3 aromatic carbocycles. The van der Waals surface area contributed by atoms with Crippen LogP contribution in [-0.2, 0) is 0 Å². The Morgan fingerprint density at radius 3 is 2.13 bits per heavy atom. The van der Waals surface area contributed by atoms with E-state index in [1.807, 2.05) is 48.5 Å². The lowest BCUT2D eigenvalue weighted by molar-refractivity contribution is 0.0943. The van der Waals surface area contributed by atoms with Crippen molar-refractivity contribution in [3.8, 4) is 28.6 Å². The molecular formula is C23H19N3O3S. The summed E-state index contributed by atoms with van der Waals surface area (Å²) in [4.78, 5) is 13.1. The minimum Gasteiger partial charge on any atom is -0.493 e. The molecule has 0 unspecified atom stereocenters. The highest BCUT2D eigenvalue weighted by Gasteiger charge is 2.20. The van der Waals surface area contributed by atoms with Gasteiger partial charge in [-0.2, -0.15) is 4.68 Å². The maximum absolute atomic E-state index is 13.1. The van der Waals surface area contributed by atoms with E-state index in [0.717, 1.165) is 11.3 Å². The molecule has 4 rings (SSSR count). The molecule has 7 heteroatoms. The van der Waals surface area contributed by atoms with Crippen molar-refractivity contribution in [1.82, 2.24) is 14.3 Å². The van der Waals surface area contributed by atoms with Crippen molar-refractivity contribution in [3.63, 3.8) is 0 Å². The molecule has 6 nitrogen and oxygen atoms in total. The molecule has 0 aliphatic heterocycles. The van der Waals surface area contributed by atoms with Gasteiger partial charge in [-0.25, -0.2) is 0 Å². The van der Waals surface area contributed by atoms with Gasteiger partial charge in [0.2, 0.25) is 4.77 Å². The van der Waals surface area contributed by atoms with Gasteiger partial charge >= 0.3 is 0 Å². The van der Waals surface area contributed by atoms with Crippen molar-refractivity contribution in [2.24, 2.45) is 0 Å². The summed E-state index contributed by atoms with van der Waals surface area (Å²) < 4.78 is 14.1. The van der Waals surface area contributed by atoms with Crippen LogP contribution in [0.3, 0.4) is 0 Å². The zero-order valence-electron chi connectivity index (χ0n) is 16.5. The fourth-order valence-corrected chi connectivity index (χ4v) is 3.49. The van der Waals surface area contributed by atoms with Gasteiger partial charge in [-0.1, -0.05) is 36.4 Å². The first-order valence-electron chi connectivity index (χ1n) is 9.23. The summed E-state index contributed by atoms with van der Waals surface area (Å²) in [6.45, 7) is 0. The first kappa shape index (κ1) is 19.6. The number of carbonyl (C=O) groups excluding carboxylic acids is 1. The summed E-state index contributed by atoms with van der Waals surface area (Å²) in [5, 5.41) is 4.59. The minimum absolute atomic E-state index is 0.278. The predicted molar refractivity (Wildman–Crippen MR) is 117 cm³/mol. The summed E-state index contributed by atoms with van der Waals surface area (Å²) in [5.74, 6) is 1.39. The molecule has 0 radical (unpaired) electrons. The third kappa shape index (κ3) is 3.51. The third-order valence-corrected chi connectivity index (χ3v) is 5.00. The Balaban J connectivity index is 1.94. The number of ether oxygens (including phenoxy) is 2. The van der Waals surface area contributed by atoms with E-state index in [4.69, 9.17) is 21.7 Å². The molecule has 0 spiro atoms. The fourth-order valence-electron chi connectivity index (χ4n) is 3.17. The Kier molecular flexibility index (Phi) is 5.45. The van der Waals surface area contributed by atoms with Gasteiger partial charge in [0.05, 0.1) is 14.2 Å². The molecule has 0 amide bonds. The number of nitrogens with zero attached hydrogens (tertiary/aromatic N) is 3. The summed E-state index contributed by atoms with van der Waals surface area (Å²) in [5.41, 5.74) is 2.05. The van der Waals surface area contributed by atoms with Crippen molar-refractivity contribution >= 4 is 18.1 Å². The minimum atomic E-state index is -0.294. The summed E-state index contributed by atoms with van der Waals surface area (Å²) in [6, 6.07) is 24.0. The Hall–Kier alpha value is -3.71. The summed E-state index contributed by atoms with van der Waals surface area (Å²) in [6.07, 6.45) is 0. The molecule has 0 saturated carbocycles. The molecule has 0 saturated heterocycles. The molecule has 0 bridgehead atoms. The maximum atomic E-state index is 13.1. The van der Waals surface area contributed by atoms with E-state index >= 15 is 0 Å². The van der Waals surface area contributed by atoms with E-state index in [2.05, 4.69) is 5.10 Å². The molecule has 0 fully saturated rings. The molecule has 4 aromatic rings. The van der Waals surface area contributed by atoms with Gasteiger partial charge in [-0.15, -0.1) is 5.10 Å². The van der Waals surface area contributed by atoms with Crippen LogP contribution in [-0.4, -0.2) is 34.5 Å². The first-order valence-corrected chi connectivity index (χ1v) is 9.64. The Bertz CT molecular complexity index is 1250. The van der Waals surface area contributed by atoms with Gasteiger partial charge < -0.3 is 9.47 Å². The lowest BCUT2D eigenvalue weighted by atomic mass is 10.2. The highest BCUT2D eigenvalue weighted by Crippen LogP contribution is 2.32. The van der Waals surface area contributed by atoms with E-state index in [9.17, 15) is 4.79 Å². The lowest BCUT2D eigenvalue weighted by Gasteiger charge is -2.10. The van der Waals surface area contributed by atoms with Crippen molar-refractivity contribution in [3.05, 3.63) is 89.2 Å². The second-order valence-corrected chi connectivity index (χ2v) is 6.80. The van der Waals surface area contributed by atoms with Crippen LogP contribution in [0, 0.1) is 4.77 Å². The smallest absolute Gasteiger partial charge is 0.280 e. The van der Waals surface area contributed by atoms with E-state index in [0.29, 0.717) is 22.9 Å². The quantitative estimate of drug-likeness (QED) is 0.438. The van der Waals surface area contributed by atoms with Crippen LogP contribution in [0.4, 0.5) is 0 Å². The van der Waals surface area contributed by atoms with Crippen molar-refractivity contribution in [2.45, 2.75) is 0 Å². The topological polar surface area (TPSA) is 58.3 Å². The van der Waals surface area contributed by atoms with E-state index < -0.39 is 0 Å². The Morgan fingerprint density at radius 2 is 1.50 bits per heavy atom. The molecule has 150 valence electrons. The van der Waals surface area contributed by atoms with Crippen LogP contribution >= 0.6 is 12.2 Å². The van der Waals surface area contributed by atoms with Gasteiger partial charge in [0.25, 0.3) is 5.91 Å². The maximum Gasteiger partial charge on any atom is 0.280 e. The zero-order valence-corrected chi connectivity index (χ0v) is 17.3. The monoisotopic (exact) mass is 417 g/mol. The van der Waals surface area contributed by atoms with Crippen LogP contribution in [0.5, 0.6) is 11.5 Å². The predicted octanol–water partition coefficient (Wildman–Crippen LogP) is 4.78. The van der Waals surface area contributed by atoms with Crippen molar-refractivity contribution in [1.29, 1.82) is 0 Å². The van der Waals surface area contributed by atoms with Crippen molar-refractivity contribution < 1.29 is 14.3 Å². The molecule has 0 aliphatic rings. The van der Waals surface area contributed by atoms with E-state index in [1.54, 1.807) is 49.1 Å². The highest BCUT2D eigenvalue weighted by molar-refractivity contribution is 7.71. The Labute approximate surface area is 178 Å². The van der Waals surface area contributed by atoms with Crippen LogP contribution in [0.15, 0.2) is 78.9 Å². The number of methoxy groups -OCH3 is 2. The van der Waals surface area contributed by atoms with Gasteiger partial charge in [0.1, 0.15) is 0 Å². The van der Waals surface area contributed by atoms with E-state index in [-0.39, 0.29) is 10.7 Å². The number of hydrogen-bond acceptors (Lipinski definition) is 5. The average molecular weight is 417 g/mol. The van der Waals surface area contributed by atoms with Gasteiger partial charge in [-0.05, 0) is 54.7 Å². The molecule has 30 heavy (non-hydrogen) atoms. The molecule has 0 aliphatic carbocycles. The van der Waals surface area contributed by atoms with Gasteiger partial charge in [0.15, 0.2) is 17.3 Å². The zero-order chi connectivity index (χ0) is 21.1. The fraction of sp³-hybridized carbons (Fsp3) is 0.0870. The Morgan fingerprint density at radius 1 is 0.867 bits per heavy atom. The second-order valence-electron chi connectivity index (χ2n) is 6.43. The lowest BCUT2D eigenvalue weighted by Crippen LogP contribution is -2.14. The third-order valence-electron chi connectivity index (χ3n) is 4.65. The largest absolute Gasteiger partial charge is 0.493 e. The van der Waals surface area contributed by atoms with Crippen LogP contribution in [0.1, 0.15) is 10.4 Å². The molecule has 1 aromatic heterocycles. The van der Waals surface area contributed by atoms with Gasteiger partial charge in [-0.3, -0.25) is 9.36 Å². The van der Waals surface area contributed by atoms with Crippen LogP contribution < -0.4 is 9.47 Å². The normalized spacial score (nSPS) is 10.6. The highest BCUT2D eigenvalue weighted by atomic mass is 32.1. The summed E-state index contributed by atoms with van der Waals surface area (Å²) >= 11 is 5.67. The average Bonchev–Trinajstić information content (AvgIpc) is 3.16. The van der Waals surface area contributed by atoms with Crippen molar-refractivity contribution in [2.75, 3.05) is 14.2 Å². The van der Waals surface area contributed by atoms with E-state index in [1.165, 1.54) is 4.68 Å². The van der Waals surface area contributed by atoms with Crippen LogP contribution in [0.2, 0.25) is 0 Å². The number of benzene rings is 3.